The van der Waals surface area contributed by atoms with Crippen LogP contribution in [0.3, 0.4) is 0 Å². The van der Waals surface area contributed by atoms with Gasteiger partial charge in [0.25, 0.3) is 0 Å². The first-order valence-electron chi connectivity index (χ1n) is 11.6. The molecule has 0 radical (unpaired) electrons. The number of nitrogens with zero attached hydrogens (tertiary/aromatic N) is 7. The molecule has 1 fully saturated rings. The number of anilines is 1. The normalized spacial score (nSPS) is 15.9. The second kappa shape index (κ2) is 11.2. The van der Waals surface area contributed by atoms with E-state index in [1.54, 1.807) is 0 Å². The third-order valence-corrected chi connectivity index (χ3v) is 6.89. The molecule has 0 atom stereocenters. The van der Waals surface area contributed by atoms with Crippen LogP contribution in [-0.4, -0.2) is 68.1 Å². The zero-order valence-electron chi connectivity index (χ0n) is 21.6. The number of piperazine rings is 1. The van der Waals surface area contributed by atoms with Gasteiger partial charge in [-0.1, -0.05) is 53.3 Å². The van der Waals surface area contributed by atoms with Gasteiger partial charge in [0.05, 0.1) is 5.69 Å². The summed E-state index contributed by atoms with van der Waals surface area (Å²) in [4.78, 5) is 14.5. The number of aromatic nitrogens is 5. The monoisotopic (exact) mass is 535 g/mol. The van der Waals surface area contributed by atoms with Crippen LogP contribution in [0.1, 0.15) is 65.3 Å². The lowest BCUT2D eigenvalue weighted by Gasteiger charge is -2.36. The molecular formula is C23H37ClF3N7S. The summed E-state index contributed by atoms with van der Waals surface area (Å²) in [7, 11) is 1.35. The summed E-state index contributed by atoms with van der Waals surface area (Å²) in [6.07, 6.45) is -3.61. The molecular weight excluding hydrogens is 499 g/mol. The molecule has 0 bridgehead atoms. The highest BCUT2D eigenvalue weighted by Crippen LogP contribution is 2.30. The van der Waals surface area contributed by atoms with Gasteiger partial charge in [-0.05, 0) is 13.0 Å². The van der Waals surface area contributed by atoms with E-state index in [0.717, 1.165) is 61.0 Å². The minimum atomic E-state index is -4.48. The maximum atomic E-state index is 12.9. The minimum Gasteiger partial charge on any atom is -0.354 e. The highest BCUT2D eigenvalue weighted by atomic mass is 35.5. The van der Waals surface area contributed by atoms with Crippen LogP contribution in [-0.2, 0) is 24.1 Å². The summed E-state index contributed by atoms with van der Waals surface area (Å²) in [5.74, 6) is 1.59. The van der Waals surface area contributed by atoms with Crippen LogP contribution in [0.25, 0.3) is 0 Å². The van der Waals surface area contributed by atoms with Gasteiger partial charge in [0.1, 0.15) is 11.6 Å². The predicted octanol–water partition coefficient (Wildman–Crippen LogP) is 4.95. The maximum Gasteiger partial charge on any atom is 0.451 e. The highest BCUT2D eigenvalue weighted by molar-refractivity contribution is 7.99. The molecule has 1 saturated heterocycles. The van der Waals surface area contributed by atoms with Crippen molar-refractivity contribution < 1.29 is 13.2 Å². The molecule has 1 aliphatic heterocycles. The zero-order chi connectivity index (χ0) is 25.3. The van der Waals surface area contributed by atoms with E-state index in [0.29, 0.717) is 10.9 Å². The Morgan fingerprint density at radius 3 is 2.06 bits per heavy atom. The molecule has 0 aliphatic carbocycles. The summed E-state index contributed by atoms with van der Waals surface area (Å²) >= 11 is 1.31. The Labute approximate surface area is 216 Å². The van der Waals surface area contributed by atoms with Crippen LogP contribution in [0.15, 0.2) is 11.2 Å². The molecule has 35 heavy (non-hydrogen) atoms. The standard InChI is InChI=1S/C23H36F3N7S.ClH/c1-21(2,3)16-15-17(28-18(27-16)22(4,5)6)33-12-10-32(11-13-33)9-8-14-34-20-30-29-19(31(20)7)23(24,25)26;/h15H,8-14H2,1-7H3;1H. The van der Waals surface area contributed by atoms with Crippen LogP contribution in [0.2, 0.25) is 0 Å². The lowest BCUT2D eigenvalue weighted by atomic mass is 9.90. The van der Waals surface area contributed by atoms with Crippen molar-refractivity contribution in [3.63, 3.8) is 0 Å². The number of rotatable bonds is 6. The van der Waals surface area contributed by atoms with Crippen molar-refractivity contribution in [1.29, 1.82) is 0 Å². The average Bonchev–Trinajstić information content (AvgIpc) is 3.11. The van der Waals surface area contributed by atoms with Gasteiger partial charge in [0.15, 0.2) is 5.16 Å². The molecule has 2 aromatic heterocycles. The van der Waals surface area contributed by atoms with E-state index in [1.165, 1.54) is 18.8 Å². The first-order valence-corrected chi connectivity index (χ1v) is 12.6. The summed E-state index contributed by atoms with van der Waals surface area (Å²) in [5.41, 5.74) is 0.874. The minimum absolute atomic E-state index is 0. The smallest absolute Gasteiger partial charge is 0.354 e. The molecule has 0 amide bonds. The van der Waals surface area contributed by atoms with Crippen molar-refractivity contribution in [2.75, 3.05) is 43.4 Å². The Balaban J connectivity index is 0.00000432. The second-order valence-corrected chi connectivity index (χ2v) is 11.9. The van der Waals surface area contributed by atoms with E-state index in [4.69, 9.17) is 9.97 Å². The van der Waals surface area contributed by atoms with Crippen molar-refractivity contribution >= 4 is 30.0 Å². The van der Waals surface area contributed by atoms with Gasteiger partial charge < -0.3 is 9.47 Å². The van der Waals surface area contributed by atoms with Gasteiger partial charge in [-0.25, -0.2) is 9.97 Å². The van der Waals surface area contributed by atoms with Crippen molar-refractivity contribution in [2.45, 2.75) is 70.1 Å². The van der Waals surface area contributed by atoms with E-state index in [2.05, 4.69) is 67.6 Å². The number of alkyl halides is 3. The van der Waals surface area contributed by atoms with E-state index >= 15 is 0 Å². The van der Waals surface area contributed by atoms with Crippen molar-refractivity contribution in [3.05, 3.63) is 23.4 Å². The third kappa shape index (κ3) is 7.69. The van der Waals surface area contributed by atoms with Gasteiger partial charge in [-0.15, -0.1) is 22.6 Å². The molecule has 3 heterocycles. The molecule has 198 valence electrons. The first kappa shape index (κ1) is 29.6. The Morgan fingerprint density at radius 2 is 1.54 bits per heavy atom. The van der Waals surface area contributed by atoms with Crippen LogP contribution in [0, 0.1) is 0 Å². The van der Waals surface area contributed by atoms with Gasteiger partial charge >= 0.3 is 6.18 Å². The first-order chi connectivity index (χ1) is 15.7. The van der Waals surface area contributed by atoms with Crippen LogP contribution >= 0.6 is 24.2 Å². The summed E-state index contributed by atoms with van der Waals surface area (Å²) in [6, 6.07) is 2.12. The molecule has 0 N–H and O–H groups in total. The van der Waals surface area contributed by atoms with Crippen molar-refractivity contribution in [1.82, 2.24) is 29.6 Å². The molecule has 0 saturated carbocycles. The molecule has 0 spiro atoms. The average molecular weight is 536 g/mol. The summed E-state index contributed by atoms with van der Waals surface area (Å²) in [5, 5.41) is 7.25. The summed E-state index contributed by atoms with van der Waals surface area (Å²) in [6.45, 7) is 17.4. The molecule has 0 unspecified atom stereocenters. The van der Waals surface area contributed by atoms with Crippen molar-refractivity contribution in [2.24, 2.45) is 7.05 Å². The van der Waals surface area contributed by atoms with Crippen LogP contribution in [0.4, 0.5) is 19.0 Å². The van der Waals surface area contributed by atoms with Crippen LogP contribution in [0.5, 0.6) is 0 Å². The molecule has 0 aromatic carbocycles. The quantitative estimate of drug-likeness (QED) is 0.383. The van der Waals surface area contributed by atoms with Gasteiger partial charge in [0.2, 0.25) is 5.82 Å². The molecule has 12 heteroatoms. The fraction of sp³-hybridized carbons (Fsp3) is 0.739. The van der Waals surface area contributed by atoms with Crippen LogP contribution < -0.4 is 4.90 Å². The largest absolute Gasteiger partial charge is 0.451 e. The van der Waals surface area contributed by atoms with E-state index in [9.17, 15) is 13.2 Å². The fourth-order valence-corrected chi connectivity index (χ4v) is 4.49. The van der Waals surface area contributed by atoms with Crippen molar-refractivity contribution in [3.8, 4) is 0 Å². The fourth-order valence-electron chi connectivity index (χ4n) is 3.66. The Hall–Kier alpha value is -1.59. The number of hydrogen-bond acceptors (Lipinski definition) is 7. The molecule has 2 aromatic rings. The lowest BCUT2D eigenvalue weighted by Crippen LogP contribution is -2.47. The van der Waals surface area contributed by atoms with E-state index < -0.39 is 12.0 Å². The summed E-state index contributed by atoms with van der Waals surface area (Å²) < 4.78 is 39.6. The highest BCUT2D eigenvalue weighted by Gasteiger charge is 2.37. The maximum absolute atomic E-state index is 12.9. The molecule has 7 nitrogen and oxygen atoms in total. The number of halogens is 4. The third-order valence-electron chi connectivity index (χ3n) is 5.79. The predicted molar refractivity (Wildman–Crippen MR) is 137 cm³/mol. The Kier molecular flexibility index (Phi) is 9.49. The van der Waals surface area contributed by atoms with Gasteiger partial charge in [-0.2, -0.15) is 13.2 Å². The number of thioether (sulfide) groups is 1. The lowest BCUT2D eigenvalue weighted by molar-refractivity contribution is -0.147. The molecule has 3 rings (SSSR count). The topological polar surface area (TPSA) is 63.0 Å². The Morgan fingerprint density at radius 1 is 0.914 bits per heavy atom. The number of hydrogen-bond donors (Lipinski definition) is 0. The van der Waals surface area contributed by atoms with E-state index in [1.807, 2.05) is 0 Å². The van der Waals surface area contributed by atoms with Gasteiger partial charge in [0, 0.05) is 55.9 Å². The van der Waals surface area contributed by atoms with E-state index in [-0.39, 0.29) is 23.2 Å². The Bertz CT molecular complexity index is 943. The zero-order valence-corrected chi connectivity index (χ0v) is 23.2. The van der Waals surface area contributed by atoms with Gasteiger partial charge in [-0.3, -0.25) is 4.90 Å². The second-order valence-electron chi connectivity index (χ2n) is 10.8. The SMILES string of the molecule is Cl.Cn1c(SCCCN2CCN(c3cc(C(C)(C)C)nc(C(C)(C)C)n3)CC2)nnc1C(F)(F)F. The molecule has 1 aliphatic rings.